The fourth-order valence-corrected chi connectivity index (χ4v) is 10.1. The number of carbonyl (C=O) groups excluding carboxylic acids is 4. The molecule has 0 aromatic heterocycles. The van der Waals surface area contributed by atoms with Crippen molar-refractivity contribution in [2.75, 3.05) is 26.2 Å². The monoisotopic (exact) mass is 730 g/mol. The molecule has 2 saturated heterocycles. The van der Waals surface area contributed by atoms with Crippen LogP contribution in [-0.4, -0.2) is 91.0 Å². The molecule has 0 spiro atoms. The van der Waals surface area contributed by atoms with Crippen molar-refractivity contribution in [3.8, 4) is 0 Å². The van der Waals surface area contributed by atoms with Gasteiger partial charge in [0.05, 0.1) is 25.0 Å². The number of piperidine rings is 2. The maximum absolute atomic E-state index is 14.0. The molecule has 2 aliphatic carbocycles. The number of benzene rings is 2. The lowest BCUT2D eigenvalue weighted by Crippen LogP contribution is -2.56. The lowest BCUT2D eigenvalue weighted by Gasteiger charge is -2.45. The number of carbonyl (C=O) groups is 4. The van der Waals surface area contributed by atoms with Crippen LogP contribution in [0.2, 0.25) is 0 Å². The second kappa shape index (κ2) is 16.9. The number of ketones is 2. The van der Waals surface area contributed by atoms with Gasteiger partial charge in [0.25, 0.3) is 0 Å². The zero-order chi connectivity index (χ0) is 37.8. The topological polar surface area (TPSA) is 156 Å². The molecule has 4 unspecified atom stereocenters. The zero-order valence-corrected chi connectivity index (χ0v) is 31.3. The predicted octanol–water partition coefficient (Wildman–Crippen LogP) is 5.08. The Bertz CT molecular complexity index is 1480. The first-order valence-electron chi connectivity index (χ1n) is 20.1. The van der Waals surface area contributed by atoms with Gasteiger partial charge in [-0.2, -0.15) is 0 Å². The van der Waals surface area contributed by atoms with Crippen molar-refractivity contribution in [3.05, 3.63) is 70.8 Å². The molecule has 2 aromatic carbocycles. The van der Waals surface area contributed by atoms with Gasteiger partial charge in [0.2, 0.25) is 11.8 Å². The maximum atomic E-state index is 14.0. The van der Waals surface area contributed by atoms with Crippen LogP contribution in [0.1, 0.15) is 122 Å². The second-order valence-electron chi connectivity index (χ2n) is 16.2. The van der Waals surface area contributed by atoms with Gasteiger partial charge >= 0.3 is 0 Å². The van der Waals surface area contributed by atoms with E-state index in [1.54, 1.807) is 48.5 Å². The Labute approximate surface area is 313 Å². The predicted molar refractivity (Wildman–Crippen MR) is 200 cm³/mol. The van der Waals surface area contributed by atoms with Crippen molar-refractivity contribution in [3.63, 3.8) is 0 Å². The molecule has 10 nitrogen and oxygen atoms in total. The number of hydrogen-bond acceptors (Lipinski definition) is 8. The summed E-state index contributed by atoms with van der Waals surface area (Å²) in [4.78, 5) is 58.9. The van der Waals surface area contributed by atoms with Crippen molar-refractivity contribution in [2.24, 2.45) is 29.6 Å². The lowest BCUT2D eigenvalue weighted by atomic mass is 9.69. The third-order valence-corrected chi connectivity index (χ3v) is 13.3. The Morgan fingerprint density at radius 2 is 0.962 bits per heavy atom. The van der Waals surface area contributed by atoms with E-state index in [0.717, 1.165) is 44.9 Å². The van der Waals surface area contributed by atoms with Gasteiger partial charge in [0.15, 0.2) is 11.6 Å². The summed E-state index contributed by atoms with van der Waals surface area (Å²) in [5.74, 6) is -1.31. The lowest BCUT2D eigenvalue weighted by molar-refractivity contribution is -0.147. The van der Waals surface area contributed by atoms with E-state index >= 15 is 0 Å². The van der Waals surface area contributed by atoms with Crippen LogP contribution in [0.5, 0.6) is 0 Å². The van der Waals surface area contributed by atoms with Crippen molar-refractivity contribution >= 4 is 23.4 Å². The fourth-order valence-electron chi connectivity index (χ4n) is 10.1. The van der Waals surface area contributed by atoms with Crippen molar-refractivity contribution in [1.82, 2.24) is 9.80 Å². The number of rotatable bonds is 11. The van der Waals surface area contributed by atoms with E-state index in [-0.39, 0.29) is 37.9 Å². The molecule has 2 aromatic rings. The van der Waals surface area contributed by atoms with Crippen LogP contribution >= 0.6 is 0 Å². The van der Waals surface area contributed by atoms with E-state index < -0.39 is 34.6 Å². The molecule has 2 heterocycles. The minimum absolute atomic E-state index is 0.130. The molecule has 4 atom stereocenters. The molecule has 0 radical (unpaired) electrons. The molecule has 6 rings (SSSR count). The fraction of sp³-hybridized carbons (Fsp3) is 0.628. The molecule has 4 fully saturated rings. The maximum Gasteiger partial charge on any atom is 0.229 e. The Morgan fingerprint density at radius 3 is 1.28 bits per heavy atom. The third kappa shape index (κ3) is 8.02. The zero-order valence-electron chi connectivity index (χ0n) is 31.3. The highest BCUT2D eigenvalue weighted by atomic mass is 16.3. The van der Waals surface area contributed by atoms with Gasteiger partial charge < -0.3 is 30.2 Å². The van der Waals surface area contributed by atoms with Crippen LogP contribution in [-0.2, 0) is 22.8 Å². The highest BCUT2D eigenvalue weighted by molar-refractivity contribution is 6.06. The second-order valence-corrected chi connectivity index (χ2v) is 16.2. The standard InChI is InChI=1S/C43H58N2O8/c1-2-35(31-17-23-44(24-18-31)40(50)36-7-3-5-21-42(36,52)38(48)33-13-9-29(27-46)10-14-33)32-19-25-45(26-20-32)41(51)37-8-4-6-22-43(37,53)39(49)34-15-11-30(28-47)12-16-34/h9-16,31-32,35-37,46-47,52-53H,2-8,17-28H2,1H3. The van der Waals surface area contributed by atoms with Crippen LogP contribution in [0, 0.1) is 29.6 Å². The van der Waals surface area contributed by atoms with Crippen LogP contribution in [0.25, 0.3) is 0 Å². The number of nitrogens with zero attached hydrogens (tertiary/aromatic N) is 2. The summed E-state index contributed by atoms with van der Waals surface area (Å²) in [7, 11) is 0. The first-order chi connectivity index (χ1) is 25.5. The summed E-state index contributed by atoms with van der Waals surface area (Å²) in [5.41, 5.74) is -1.40. The largest absolute Gasteiger partial charge is 0.392 e. The Balaban J connectivity index is 1.04. The van der Waals surface area contributed by atoms with E-state index in [4.69, 9.17) is 0 Å². The van der Waals surface area contributed by atoms with Crippen molar-refractivity contribution < 1.29 is 39.6 Å². The van der Waals surface area contributed by atoms with Crippen LogP contribution in [0.4, 0.5) is 0 Å². The smallest absolute Gasteiger partial charge is 0.229 e. The molecular formula is C43H58N2O8. The molecule has 2 amide bonds. The van der Waals surface area contributed by atoms with Crippen LogP contribution in [0.3, 0.4) is 0 Å². The molecule has 10 heteroatoms. The Kier molecular flexibility index (Phi) is 12.5. The average Bonchev–Trinajstić information content (AvgIpc) is 3.21. The number of aliphatic hydroxyl groups excluding tert-OH is 2. The summed E-state index contributed by atoms with van der Waals surface area (Å²) in [6.45, 7) is 4.35. The molecular weight excluding hydrogens is 672 g/mol. The first-order valence-corrected chi connectivity index (χ1v) is 20.1. The highest BCUT2D eigenvalue weighted by Crippen LogP contribution is 2.43. The SMILES string of the molecule is CCC(C1CCN(C(=O)C2CCCCC2(O)C(=O)c2ccc(CO)cc2)CC1)C1CCN(C(=O)C2CCCCC2(O)C(=O)c2ccc(CO)cc2)CC1. The minimum Gasteiger partial charge on any atom is -0.392 e. The molecule has 53 heavy (non-hydrogen) atoms. The normalized spacial score (nSPS) is 28.0. The molecule has 2 saturated carbocycles. The van der Waals surface area contributed by atoms with Gasteiger partial charge in [-0.15, -0.1) is 0 Å². The number of Topliss-reactive ketones (excluding diaryl/α,β-unsaturated/α-hetero) is 2. The Hall–Kier alpha value is -3.44. The van der Waals surface area contributed by atoms with Gasteiger partial charge in [-0.25, -0.2) is 0 Å². The van der Waals surface area contributed by atoms with Crippen LogP contribution < -0.4 is 0 Å². The van der Waals surface area contributed by atoms with E-state index in [0.29, 0.717) is 91.9 Å². The van der Waals surface area contributed by atoms with E-state index in [2.05, 4.69) is 6.92 Å². The molecule has 4 N–H and O–H groups in total. The summed E-state index contributed by atoms with van der Waals surface area (Å²) in [5, 5.41) is 42.4. The third-order valence-electron chi connectivity index (χ3n) is 13.3. The van der Waals surface area contributed by atoms with Gasteiger partial charge in [0, 0.05) is 37.3 Å². The minimum atomic E-state index is -1.74. The summed E-state index contributed by atoms with van der Waals surface area (Å²) >= 11 is 0. The summed E-state index contributed by atoms with van der Waals surface area (Å²) in [6.07, 6.45) is 8.90. The molecule has 4 aliphatic rings. The number of likely N-dealkylation sites (tertiary alicyclic amines) is 2. The number of aliphatic hydroxyl groups is 4. The first kappa shape index (κ1) is 39.3. The van der Waals surface area contributed by atoms with Crippen molar-refractivity contribution in [2.45, 2.75) is 115 Å². The number of hydrogen-bond donors (Lipinski definition) is 4. The van der Waals surface area contributed by atoms with E-state index in [1.807, 2.05) is 9.80 Å². The van der Waals surface area contributed by atoms with Gasteiger partial charge in [-0.3, -0.25) is 19.2 Å². The summed E-state index contributed by atoms with van der Waals surface area (Å²) < 4.78 is 0. The molecule has 288 valence electrons. The van der Waals surface area contributed by atoms with Gasteiger partial charge in [0.1, 0.15) is 11.2 Å². The van der Waals surface area contributed by atoms with Gasteiger partial charge in [-0.1, -0.05) is 87.6 Å². The number of amides is 2. The average molecular weight is 731 g/mol. The van der Waals surface area contributed by atoms with E-state index in [9.17, 15) is 39.6 Å². The molecule has 0 bridgehead atoms. The quantitative estimate of drug-likeness (QED) is 0.234. The van der Waals surface area contributed by atoms with Gasteiger partial charge in [-0.05, 0) is 80.2 Å². The van der Waals surface area contributed by atoms with Crippen LogP contribution in [0.15, 0.2) is 48.5 Å². The molecule has 2 aliphatic heterocycles. The van der Waals surface area contributed by atoms with E-state index in [1.165, 1.54) is 0 Å². The highest BCUT2D eigenvalue weighted by Gasteiger charge is 2.52. The Morgan fingerprint density at radius 1 is 0.604 bits per heavy atom. The summed E-state index contributed by atoms with van der Waals surface area (Å²) in [6, 6.07) is 13.2. The van der Waals surface area contributed by atoms with Crippen molar-refractivity contribution in [1.29, 1.82) is 0 Å².